The SMILES string of the molecule is CCOC(=O)C1=C(c2ccccc2)N=c2sc(=Cc3cn(CCOc4ccc(OC)cc4)c4ccccc34)c(=O)n2C1c1cccs1. The number of nitrogens with zero attached hydrogens (tertiary/aromatic N) is 3. The molecule has 0 amide bonds. The molecule has 47 heavy (non-hydrogen) atoms. The minimum absolute atomic E-state index is 0.208. The summed E-state index contributed by atoms with van der Waals surface area (Å²) in [7, 11) is 1.64. The van der Waals surface area contributed by atoms with Crippen molar-refractivity contribution < 1.29 is 19.0 Å². The topological polar surface area (TPSA) is 84.1 Å². The van der Waals surface area contributed by atoms with Crippen LogP contribution in [0.1, 0.15) is 29.0 Å². The Morgan fingerprint density at radius 2 is 1.72 bits per heavy atom. The number of para-hydroxylation sites is 1. The maximum Gasteiger partial charge on any atom is 0.338 e. The molecule has 3 aromatic carbocycles. The van der Waals surface area contributed by atoms with Gasteiger partial charge in [-0.2, -0.15) is 0 Å². The summed E-state index contributed by atoms with van der Waals surface area (Å²) in [6.45, 7) is 3.06. The molecule has 6 aromatic rings. The van der Waals surface area contributed by atoms with Gasteiger partial charge in [0.15, 0.2) is 4.80 Å². The van der Waals surface area contributed by atoms with Gasteiger partial charge in [-0.1, -0.05) is 65.9 Å². The van der Waals surface area contributed by atoms with Crippen molar-refractivity contribution in [2.45, 2.75) is 19.5 Å². The maximum atomic E-state index is 14.3. The van der Waals surface area contributed by atoms with E-state index in [0.717, 1.165) is 38.4 Å². The second kappa shape index (κ2) is 13.3. The van der Waals surface area contributed by atoms with Gasteiger partial charge in [-0.25, -0.2) is 9.79 Å². The molecule has 0 radical (unpaired) electrons. The Kier molecular flexibility index (Phi) is 8.60. The van der Waals surface area contributed by atoms with Gasteiger partial charge in [0, 0.05) is 33.1 Å². The lowest BCUT2D eigenvalue weighted by molar-refractivity contribution is -0.138. The first-order chi connectivity index (χ1) is 23.1. The van der Waals surface area contributed by atoms with Crippen molar-refractivity contribution in [3.8, 4) is 11.5 Å². The third-order valence-electron chi connectivity index (χ3n) is 7.95. The molecule has 7 rings (SSSR count). The van der Waals surface area contributed by atoms with Gasteiger partial charge in [0.2, 0.25) is 0 Å². The van der Waals surface area contributed by atoms with Gasteiger partial charge >= 0.3 is 5.97 Å². The Labute approximate surface area is 278 Å². The molecule has 1 aliphatic rings. The van der Waals surface area contributed by atoms with E-state index in [0.29, 0.717) is 33.8 Å². The second-order valence-electron chi connectivity index (χ2n) is 10.8. The second-order valence-corrected chi connectivity index (χ2v) is 12.8. The number of thiazole rings is 1. The highest BCUT2D eigenvalue weighted by Gasteiger charge is 2.35. The number of methoxy groups -OCH3 is 1. The number of benzene rings is 3. The zero-order valence-electron chi connectivity index (χ0n) is 25.8. The molecule has 1 aliphatic heterocycles. The number of thiophene rings is 1. The number of aromatic nitrogens is 2. The van der Waals surface area contributed by atoms with E-state index in [2.05, 4.69) is 22.9 Å². The van der Waals surface area contributed by atoms with Gasteiger partial charge in [0.25, 0.3) is 5.56 Å². The fourth-order valence-electron chi connectivity index (χ4n) is 5.81. The molecule has 0 aliphatic carbocycles. The average Bonchev–Trinajstić information content (AvgIpc) is 3.84. The minimum Gasteiger partial charge on any atom is -0.497 e. The average molecular weight is 662 g/mol. The van der Waals surface area contributed by atoms with Crippen LogP contribution in [0.15, 0.2) is 118 Å². The molecule has 0 saturated heterocycles. The summed E-state index contributed by atoms with van der Waals surface area (Å²) in [6, 6.07) is 28.4. The van der Waals surface area contributed by atoms with Gasteiger partial charge in [0.05, 0.1) is 36.1 Å². The standard InChI is InChI=1S/C37H31N3O5S2/c1-3-44-36(42)32-33(24-10-5-4-6-11-24)38-37-40(34(32)30-14-9-21-46-30)35(41)31(47-37)22-25-23-39(29-13-8-7-12-28(25)29)19-20-45-27-17-15-26(43-2)16-18-27/h4-18,21-23,34H,3,19-20H2,1-2H3. The summed E-state index contributed by atoms with van der Waals surface area (Å²) in [5.74, 6) is 1.06. The molecule has 4 heterocycles. The van der Waals surface area contributed by atoms with Gasteiger partial charge in [-0.3, -0.25) is 9.36 Å². The van der Waals surface area contributed by atoms with Gasteiger partial charge in [-0.15, -0.1) is 11.3 Å². The van der Waals surface area contributed by atoms with Crippen LogP contribution in [-0.4, -0.2) is 35.4 Å². The van der Waals surface area contributed by atoms with Crippen molar-refractivity contribution in [3.63, 3.8) is 0 Å². The number of fused-ring (bicyclic) bond motifs is 2. The quantitative estimate of drug-likeness (QED) is 0.167. The summed E-state index contributed by atoms with van der Waals surface area (Å²) >= 11 is 2.82. The van der Waals surface area contributed by atoms with E-state index in [1.54, 1.807) is 18.6 Å². The fraction of sp³-hybridized carbons (Fsp3) is 0.162. The Hall–Kier alpha value is -5.19. The molecule has 0 fully saturated rings. The van der Waals surface area contributed by atoms with Crippen molar-refractivity contribution in [2.75, 3.05) is 20.3 Å². The molecule has 1 unspecified atom stereocenters. The lowest BCUT2D eigenvalue weighted by Gasteiger charge is -2.24. The number of carbonyl (C=O) groups is 1. The zero-order valence-corrected chi connectivity index (χ0v) is 27.4. The lowest BCUT2D eigenvalue weighted by atomic mass is 9.97. The number of rotatable bonds is 10. The number of carbonyl (C=O) groups excluding carboxylic acids is 1. The number of hydrogen-bond acceptors (Lipinski definition) is 8. The largest absolute Gasteiger partial charge is 0.497 e. The Morgan fingerprint density at radius 1 is 0.957 bits per heavy atom. The van der Waals surface area contributed by atoms with Crippen molar-refractivity contribution >= 4 is 51.3 Å². The summed E-state index contributed by atoms with van der Waals surface area (Å²) in [4.78, 5) is 34.2. The first-order valence-electron chi connectivity index (χ1n) is 15.2. The number of hydrogen-bond donors (Lipinski definition) is 0. The van der Waals surface area contributed by atoms with E-state index < -0.39 is 12.0 Å². The molecule has 0 saturated carbocycles. The molecule has 1 atom stereocenters. The van der Waals surface area contributed by atoms with Crippen LogP contribution < -0.4 is 24.4 Å². The number of esters is 1. The molecule has 8 nitrogen and oxygen atoms in total. The predicted octanol–water partition coefficient (Wildman–Crippen LogP) is 6.04. The van der Waals surface area contributed by atoms with E-state index >= 15 is 0 Å². The van der Waals surface area contributed by atoms with Crippen molar-refractivity contribution in [1.29, 1.82) is 0 Å². The van der Waals surface area contributed by atoms with Crippen LogP contribution in [0, 0.1) is 0 Å². The summed E-state index contributed by atoms with van der Waals surface area (Å²) in [6.07, 6.45) is 3.98. The molecular weight excluding hydrogens is 631 g/mol. The van der Waals surface area contributed by atoms with Crippen LogP contribution in [0.25, 0.3) is 22.7 Å². The van der Waals surface area contributed by atoms with E-state index in [1.807, 2.05) is 90.3 Å². The molecule has 10 heteroatoms. The summed E-state index contributed by atoms with van der Waals surface area (Å²) in [5, 5.41) is 2.97. The van der Waals surface area contributed by atoms with Crippen LogP contribution in [0.2, 0.25) is 0 Å². The molecule has 0 N–H and O–H groups in total. The Morgan fingerprint density at radius 3 is 2.47 bits per heavy atom. The maximum absolute atomic E-state index is 14.3. The van der Waals surface area contributed by atoms with Crippen LogP contribution in [0.5, 0.6) is 11.5 Å². The third-order valence-corrected chi connectivity index (χ3v) is 9.86. The molecule has 236 valence electrons. The van der Waals surface area contributed by atoms with Gasteiger partial charge < -0.3 is 18.8 Å². The van der Waals surface area contributed by atoms with E-state index in [-0.39, 0.29) is 12.2 Å². The van der Waals surface area contributed by atoms with Crippen molar-refractivity contribution in [2.24, 2.45) is 4.99 Å². The first-order valence-corrected chi connectivity index (χ1v) is 16.9. The molecule has 3 aromatic heterocycles. The molecule has 0 spiro atoms. The highest BCUT2D eigenvalue weighted by Crippen LogP contribution is 2.37. The van der Waals surface area contributed by atoms with Crippen LogP contribution in [0.4, 0.5) is 0 Å². The molecule has 0 bridgehead atoms. The minimum atomic E-state index is -0.667. The van der Waals surface area contributed by atoms with E-state index in [9.17, 15) is 9.59 Å². The highest BCUT2D eigenvalue weighted by atomic mass is 32.1. The van der Waals surface area contributed by atoms with Crippen molar-refractivity contribution in [1.82, 2.24) is 9.13 Å². The van der Waals surface area contributed by atoms with Gasteiger partial charge in [-0.05, 0) is 54.8 Å². The normalized spacial score (nSPS) is 14.6. The number of ether oxygens (including phenoxy) is 3. The fourth-order valence-corrected chi connectivity index (χ4v) is 7.62. The van der Waals surface area contributed by atoms with Crippen LogP contribution >= 0.6 is 22.7 Å². The predicted molar refractivity (Wildman–Crippen MR) is 186 cm³/mol. The van der Waals surface area contributed by atoms with Gasteiger partial charge in [0.1, 0.15) is 24.1 Å². The Bertz CT molecular complexity index is 2260. The van der Waals surface area contributed by atoms with Crippen LogP contribution in [-0.2, 0) is 16.1 Å². The van der Waals surface area contributed by atoms with E-state index in [4.69, 9.17) is 19.2 Å². The summed E-state index contributed by atoms with van der Waals surface area (Å²) in [5.41, 5.74) is 3.40. The van der Waals surface area contributed by atoms with E-state index in [1.165, 1.54) is 22.7 Å². The lowest BCUT2D eigenvalue weighted by Crippen LogP contribution is -2.39. The van der Waals surface area contributed by atoms with Crippen LogP contribution in [0.3, 0.4) is 0 Å². The smallest absolute Gasteiger partial charge is 0.338 e. The monoisotopic (exact) mass is 661 g/mol. The first kappa shape index (κ1) is 30.5. The highest BCUT2D eigenvalue weighted by molar-refractivity contribution is 7.10. The molecular formula is C37H31N3O5S2. The zero-order chi connectivity index (χ0) is 32.3. The summed E-state index contributed by atoms with van der Waals surface area (Å²) < 4.78 is 21.1. The Balaban J connectivity index is 1.32. The third kappa shape index (κ3) is 5.93. The van der Waals surface area contributed by atoms with Crippen molar-refractivity contribution in [3.05, 3.63) is 144 Å².